The van der Waals surface area contributed by atoms with E-state index in [1.165, 1.54) is 0 Å². The summed E-state index contributed by atoms with van der Waals surface area (Å²) in [7, 11) is 1.82. The van der Waals surface area contributed by atoms with Crippen molar-refractivity contribution in [2.75, 3.05) is 7.05 Å². The predicted molar refractivity (Wildman–Crippen MR) is 75.1 cm³/mol. The number of carbonyl (C=O) groups excluding carboxylic acids is 1. The van der Waals surface area contributed by atoms with Crippen molar-refractivity contribution in [3.8, 4) is 0 Å². The number of amides is 1. The fraction of sp³-hybridized carbons (Fsp3) is 0.533. The van der Waals surface area contributed by atoms with Crippen molar-refractivity contribution in [1.82, 2.24) is 4.90 Å². The molecule has 3 heteroatoms. The lowest BCUT2D eigenvalue weighted by molar-refractivity contribution is -0.140. The Balaban J connectivity index is 3.03. The molecule has 0 fully saturated rings. The molecule has 0 bridgehead atoms. The third kappa shape index (κ3) is 2.72. The molecule has 1 rings (SSSR count). The summed E-state index contributed by atoms with van der Waals surface area (Å²) in [6.07, 6.45) is 0.889. The second-order valence-electron chi connectivity index (χ2n) is 5.60. The summed E-state index contributed by atoms with van der Waals surface area (Å²) in [5.74, 6) is -0.0550. The Morgan fingerprint density at radius 3 is 2.17 bits per heavy atom. The molecule has 0 aliphatic rings. The minimum atomic E-state index is -0.984. The van der Waals surface area contributed by atoms with E-state index in [1.807, 2.05) is 51.2 Å². The highest BCUT2D eigenvalue weighted by Crippen LogP contribution is 2.25. The quantitative estimate of drug-likeness (QED) is 0.890. The maximum absolute atomic E-state index is 12.6. The van der Waals surface area contributed by atoms with E-state index >= 15 is 0 Å². The van der Waals surface area contributed by atoms with E-state index in [0.29, 0.717) is 0 Å². The third-order valence-corrected chi connectivity index (χ3v) is 3.90. The van der Waals surface area contributed by atoms with Crippen LogP contribution in [0.5, 0.6) is 0 Å². The van der Waals surface area contributed by atoms with Gasteiger partial charge in [-0.3, -0.25) is 4.79 Å². The van der Waals surface area contributed by atoms with E-state index in [2.05, 4.69) is 6.92 Å². The van der Waals surface area contributed by atoms with Gasteiger partial charge in [0.1, 0.15) is 5.54 Å². The molecule has 0 spiro atoms. The van der Waals surface area contributed by atoms with Gasteiger partial charge in [-0.25, -0.2) is 0 Å². The standard InChI is InChI=1S/C15H24N2O/c1-6-14(2,3)17(5)13(18)15(4,16)12-10-8-7-9-11-12/h7-11H,6,16H2,1-5H3. The number of carbonyl (C=O) groups is 1. The van der Waals surface area contributed by atoms with Crippen LogP contribution in [0.2, 0.25) is 0 Å². The van der Waals surface area contributed by atoms with Crippen LogP contribution in [0.25, 0.3) is 0 Å². The van der Waals surface area contributed by atoms with Crippen LogP contribution in [-0.2, 0) is 10.3 Å². The van der Waals surface area contributed by atoms with Crippen LogP contribution in [0.1, 0.15) is 39.7 Å². The Hall–Kier alpha value is -1.35. The first-order valence-electron chi connectivity index (χ1n) is 6.36. The molecule has 1 aromatic carbocycles. The van der Waals surface area contributed by atoms with E-state index in [-0.39, 0.29) is 11.4 Å². The second-order valence-corrected chi connectivity index (χ2v) is 5.60. The fourth-order valence-electron chi connectivity index (χ4n) is 1.77. The van der Waals surface area contributed by atoms with Crippen LogP contribution >= 0.6 is 0 Å². The zero-order valence-electron chi connectivity index (χ0n) is 12.0. The van der Waals surface area contributed by atoms with Gasteiger partial charge in [0.2, 0.25) is 5.91 Å². The van der Waals surface area contributed by atoms with E-state index in [0.717, 1.165) is 12.0 Å². The average molecular weight is 248 g/mol. The molecule has 0 heterocycles. The van der Waals surface area contributed by atoms with Gasteiger partial charge in [-0.05, 0) is 32.8 Å². The lowest BCUT2D eigenvalue weighted by atomic mass is 9.89. The molecule has 100 valence electrons. The summed E-state index contributed by atoms with van der Waals surface area (Å²) in [4.78, 5) is 14.3. The normalized spacial score (nSPS) is 15.0. The lowest BCUT2D eigenvalue weighted by Crippen LogP contribution is -2.55. The van der Waals surface area contributed by atoms with E-state index in [1.54, 1.807) is 11.8 Å². The van der Waals surface area contributed by atoms with Gasteiger partial charge in [-0.15, -0.1) is 0 Å². The Labute approximate surface area is 110 Å². The summed E-state index contributed by atoms with van der Waals surface area (Å²) < 4.78 is 0. The van der Waals surface area contributed by atoms with Gasteiger partial charge < -0.3 is 10.6 Å². The Morgan fingerprint density at radius 1 is 1.22 bits per heavy atom. The number of hydrogen-bond acceptors (Lipinski definition) is 2. The SMILES string of the molecule is CCC(C)(C)N(C)C(=O)C(C)(N)c1ccccc1. The van der Waals surface area contributed by atoms with Crippen molar-refractivity contribution >= 4 is 5.91 Å². The summed E-state index contributed by atoms with van der Waals surface area (Å²) in [5.41, 5.74) is 5.91. The fourth-order valence-corrected chi connectivity index (χ4v) is 1.77. The minimum absolute atomic E-state index is 0.0550. The minimum Gasteiger partial charge on any atom is -0.339 e. The Bertz CT molecular complexity index is 410. The average Bonchev–Trinajstić information content (AvgIpc) is 2.37. The van der Waals surface area contributed by atoms with Gasteiger partial charge in [0.05, 0.1) is 0 Å². The monoisotopic (exact) mass is 248 g/mol. The molecule has 1 unspecified atom stereocenters. The molecule has 0 aromatic heterocycles. The van der Waals surface area contributed by atoms with Crippen LogP contribution < -0.4 is 5.73 Å². The van der Waals surface area contributed by atoms with Crippen LogP contribution in [0.3, 0.4) is 0 Å². The molecule has 1 atom stereocenters. The van der Waals surface area contributed by atoms with Gasteiger partial charge in [0.15, 0.2) is 0 Å². The molecule has 0 aliphatic heterocycles. The number of benzene rings is 1. The number of likely N-dealkylation sites (N-methyl/N-ethyl adjacent to an activating group) is 1. The molecule has 1 amide bonds. The molecule has 0 saturated heterocycles. The first-order valence-corrected chi connectivity index (χ1v) is 6.36. The lowest BCUT2D eigenvalue weighted by Gasteiger charge is -2.39. The molecular weight excluding hydrogens is 224 g/mol. The number of nitrogens with two attached hydrogens (primary N) is 1. The molecule has 2 N–H and O–H groups in total. The molecule has 0 radical (unpaired) electrons. The van der Waals surface area contributed by atoms with Crippen molar-refractivity contribution < 1.29 is 4.79 Å². The van der Waals surface area contributed by atoms with Crippen molar-refractivity contribution in [1.29, 1.82) is 0 Å². The van der Waals surface area contributed by atoms with Gasteiger partial charge in [-0.1, -0.05) is 37.3 Å². The van der Waals surface area contributed by atoms with Crippen molar-refractivity contribution in [3.05, 3.63) is 35.9 Å². The van der Waals surface area contributed by atoms with Crippen LogP contribution in [0, 0.1) is 0 Å². The molecule has 0 aliphatic carbocycles. The second kappa shape index (κ2) is 5.11. The highest BCUT2D eigenvalue weighted by atomic mass is 16.2. The third-order valence-electron chi connectivity index (χ3n) is 3.90. The highest BCUT2D eigenvalue weighted by molar-refractivity contribution is 5.87. The molecule has 3 nitrogen and oxygen atoms in total. The zero-order valence-corrected chi connectivity index (χ0v) is 12.0. The number of rotatable bonds is 4. The molecule has 0 saturated carbocycles. The van der Waals surface area contributed by atoms with E-state index < -0.39 is 5.54 Å². The maximum atomic E-state index is 12.6. The topological polar surface area (TPSA) is 46.3 Å². The van der Waals surface area contributed by atoms with E-state index in [9.17, 15) is 4.79 Å². The molecule has 18 heavy (non-hydrogen) atoms. The first kappa shape index (κ1) is 14.7. The Morgan fingerprint density at radius 2 is 1.72 bits per heavy atom. The summed E-state index contributed by atoms with van der Waals surface area (Å²) in [5, 5.41) is 0. The number of hydrogen-bond donors (Lipinski definition) is 1. The van der Waals surface area contributed by atoms with Gasteiger partial charge in [0, 0.05) is 12.6 Å². The Kier molecular flexibility index (Phi) is 4.17. The highest BCUT2D eigenvalue weighted by Gasteiger charge is 2.37. The summed E-state index contributed by atoms with van der Waals surface area (Å²) >= 11 is 0. The van der Waals surface area contributed by atoms with E-state index in [4.69, 9.17) is 5.73 Å². The van der Waals surface area contributed by atoms with Crippen molar-refractivity contribution in [2.45, 2.75) is 45.2 Å². The largest absolute Gasteiger partial charge is 0.339 e. The summed E-state index contributed by atoms with van der Waals surface area (Å²) in [6.45, 7) is 7.94. The van der Waals surface area contributed by atoms with Crippen molar-refractivity contribution in [2.24, 2.45) is 5.73 Å². The maximum Gasteiger partial charge on any atom is 0.247 e. The van der Waals surface area contributed by atoms with Crippen LogP contribution in [0.15, 0.2) is 30.3 Å². The predicted octanol–water partition coefficient (Wildman–Crippen LogP) is 2.51. The molecular formula is C15H24N2O. The first-order chi connectivity index (χ1) is 8.23. The van der Waals surface area contributed by atoms with Crippen LogP contribution in [0.4, 0.5) is 0 Å². The number of nitrogens with zero attached hydrogens (tertiary/aromatic N) is 1. The van der Waals surface area contributed by atoms with Gasteiger partial charge in [-0.2, -0.15) is 0 Å². The smallest absolute Gasteiger partial charge is 0.247 e. The van der Waals surface area contributed by atoms with Gasteiger partial charge >= 0.3 is 0 Å². The van der Waals surface area contributed by atoms with Gasteiger partial charge in [0.25, 0.3) is 0 Å². The van der Waals surface area contributed by atoms with Crippen LogP contribution in [-0.4, -0.2) is 23.4 Å². The van der Waals surface area contributed by atoms with Crippen molar-refractivity contribution in [3.63, 3.8) is 0 Å². The summed E-state index contributed by atoms with van der Waals surface area (Å²) in [6, 6.07) is 9.51. The molecule has 1 aromatic rings. The zero-order chi connectivity index (χ0) is 14.0.